The summed E-state index contributed by atoms with van der Waals surface area (Å²) in [6.45, 7) is 6.20. The van der Waals surface area contributed by atoms with Crippen LogP contribution < -0.4 is 9.64 Å². The largest absolute Gasteiger partial charge is 0.457 e. The number of anilines is 1. The molecule has 2 amide bonds. The lowest BCUT2D eigenvalue weighted by atomic mass is 9.76. The molecule has 4 rings (SSSR count). The Balaban J connectivity index is 1.55. The second-order valence-electron chi connectivity index (χ2n) is 8.01. The van der Waals surface area contributed by atoms with Gasteiger partial charge in [-0.1, -0.05) is 19.1 Å². The highest BCUT2D eigenvalue weighted by atomic mass is 16.5. The fourth-order valence-electron chi connectivity index (χ4n) is 4.25. The third-order valence-electron chi connectivity index (χ3n) is 5.85. The van der Waals surface area contributed by atoms with Gasteiger partial charge in [-0.3, -0.25) is 14.5 Å². The first-order chi connectivity index (χ1) is 12.9. The van der Waals surface area contributed by atoms with Gasteiger partial charge >= 0.3 is 0 Å². The molecule has 27 heavy (non-hydrogen) atoms. The van der Waals surface area contributed by atoms with E-state index in [1.807, 2.05) is 38.1 Å². The van der Waals surface area contributed by atoms with Gasteiger partial charge in [-0.15, -0.1) is 0 Å². The zero-order valence-corrected chi connectivity index (χ0v) is 16.1. The maximum Gasteiger partial charge on any atom is 0.237 e. The summed E-state index contributed by atoms with van der Waals surface area (Å²) in [4.78, 5) is 27.0. The van der Waals surface area contributed by atoms with Crippen molar-refractivity contribution in [3.8, 4) is 11.5 Å². The summed E-state index contributed by atoms with van der Waals surface area (Å²) in [5.74, 6) is 1.65. The summed E-state index contributed by atoms with van der Waals surface area (Å²) < 4.78 is 5.98. The minimum Gasteiger partial charge on any atom is -0.457 e. The van der Waals surface area contributed by atoms with Gasteiger partial charge in [0, 0.05) is 0 Å². The predicted octanol–water partition coefficient (Wildman–Crippen LogP) is 5.02. The van der Waals surface area contributed by atoms with Crippen LogP contribution in [0.4, 0.5) is 5.69 Å². The molecule has 2 aromatic rings. The third-order valence-corrected chi connectivity index (χ3v) is 5.85. The van der Waals surface area contributed by atoms with E-state index >= 15 is 0 Å². The summed E-state index contributed by atoms with van der Waals surface area (Å²) in [6.07, 6.45) is 2.66. The summed E-state index contributed by atoms with van der Waals surface area (Å²) in [6, 6.07) is 13.3. The minimum atomic E-state index is -0.146. The van der Waals surface area contributed by atoms with E-state index in [1.165, 1.54) is 4.90 Å². The fraction of sp³-hybridized carbons (Fsp3) is 0.391. The molecule has 1 saturated carbocycles. The zero-order valence-electron chi connectivity index (χ0n) is 16.1. The number of hydrogen-bond donors (Lipinski definition) is 0. The Morgan fingerprint density at radius 3 is 2.37 bits per heavy atom. The summed E-state index contributed by atoms with van der Waals surface area (Å²) >= 11 is 0. The van der Waals surface area contributed by atoms with Crippen molar-refractivity contribution in [1.29, 1.82) is 0 Å². The first-order valence-electron chi connectivity index (χ1n) is 9.67. The highest BCUT2D eigenvalue weighted by Crippen LogP contribution is 2.42. The number of benzene rings is 2. The van der Waals surface area contributed by atoms with Gasteiger partial charge in [0.05, 0.1) is 17.5 Å². The summed E-state index contributed by atoms with van der Waals surface area (Å²) in [7, 11) is 0. The van der Waals surface area contributed by atoms with E-state index in [9.17, 15) is 9.59 Å². The molecule has 4 heteroatoms. The number of imide groups is 1. The Labute approximate surface area is 160 Å². The highest BCUT2D eigenvalue weighted by molar-refractivity contribution is 6.22. The van der Waals surface area contributed by atoms with Crippen LogP contribution in [-0.4, -0.2) is 11.8 Å². The molecule has 1 heterocycles. The molecule has 3 atom stereocenters. The number of aryl methyl sites for hydroxylation is 2. The number of nitrogens with zero attached hydrogens (tertiary/aromatic N) is 1. The van der Waals surface area contributed by atoms with Crippen LogP contribution >= 0.6 is 0 Å². The van der Waals surface area contributed by atoms with Crippen LogP contribution in [0.2, 0.25) is 0 Å². The lowest BCUT2D eigenvalue weighted by Crippen LogP contribution is -2.30. The Morgan fingerprint density at radius 1 is 0.926 bits per heavy atom. The number of carbonyl (C=O) groups is 2. The number of fused-ring (bicyclic) bond motifs is 1. The summed E-state index contributed by atoms with van der Waals surface area (Å²) in [5, 5.41) is 0. The molecule has 1 saturated heterocycles. The topological polar surface area (TPSA) is 46.6 Å². The number of ether oxygens (including phenoxy) is 1. The molecule has 0 N–H and O–H groups in total. The number of rotatable bonds is 3. The molecular weight excluding hydrogens is 338 g/mol. The molecular formula is C23H25NO3. The first-order valence-corrected chi connectivity index (χ1v) is 9.67. The molecule has 2 fully saturated rings. The lowest BCUT2D eigenvalue weighted by molar-refractivity contribution is -0.122. The van der Waals surface area contributed by atoms with E-state index in [0.29, 0.717) is 17.4 Å². The van der Waals surface area contributed by atoms with Crippen LogP contribution in [0.3, 0.4) is 0 Å². The molecule has 2 aromatic carbocycles. The molecule has 2 aliphatic rings. The van der Waals surface area contributed by atoms with Gasteiger partial charge < -0.3 is 4.74 Å². The number of carbonyl (C=O) groups excluding carboxylic acids is 2. The molecule has 3 unspecified atom stereocenters. The second-order valence-corrected chi connectivity index (χ2v) is 8.01. The van der Waals surface area contributed by atoms with E-state index in [0.717, 1.165) is 36.1 Å². The number of hydrogen-bond acceptors (Lipinski definition) is 3. The van der Waals surface area contributed by atoms with Crippen LogP contribution in [0.5, 0.6) is 11.5 Å². The van der Waals surface area contributed by atoms with E-state index in [2.05, 4.69) is 13.0 Å². The highest BCUT2D eigenvalue weighted by Gasteiger charge is 2.49. The van der Waals surface area contributed by atoms with Crippen molar-refractivity contribution in [3.63, 3.8) is 0 Å². The van der Waals surface area contributed by atoms with Crippen LogP contribution in [0.25, 0.3) is 0 Å². The molecule has 0 spiro atoms. The average molecular weight is 363 g/mol. The van der Waals surface area contributed by atoms with Crippen LogP contribution in [0.1, 0.15) is 37.3 Å². The van der Waals surface area contributed by atoms with Gasteiger partial charge in [-0.25, -0.2) is 0 Å². The van der Waals surface area contributed by atoms with Gasteiger partial charge in [0.1, 0.15) is 11.5 Å². The van der Waals surface area contributed by atoms with Gasteiger partial charge in [0.15, 0.2) is 0 Å². The smallest absolute Gasteiger partial charge is 0.237 e. The normalized spacial score (nSPS) is 24.9. The van der Waals surface area contributed by atoms with Crippen molar-refractivity contribution in [2.75, 3.05) is 4.90 Å². The Morgan fingerprint density at radius 2 is 1.63 bits per heavy atom. The first kappa shape index (κ1) is 17.8. The lowest BCUT2D eigenvalue weighted by Gasteiger charge is -2.25. The van der Waals surface area contributed by atoms with Crippen molar-refractivity contribution < 1.29 is 14.3 Å². The molecule has 0 bridgehead atoms. The molecule has 1 aliphatic carbocycles. The molecule has 0 radical (unpaired) electrons. The van der Waals surface area contributed by atoms with Gasteiger partial charge in [-0.05, 0) is 80.5 Å². The van der Waals surface area contributed by atoms with E-state index in [1.54, 1.807) is 12.1 Å². The van der Waals surface area contributed by atoms with Crippen LogP contribution in [-0.2, 0) is 9.59 Å². The zero-order chi connectivity index (χ0) is 19.1. The standard InChI is InChI=1S/C23H25NO3/c1-14-5-11-19-20(12-14)23(26)24(22(19)25)17-7-9-18(10-8-17)27-21-13-15(2)4-6-16(21)3/h4,6-10,13-14,19-20H,5,11-12H2,1-3H3. The van der Waals surface area contributed by atoms with Crippen molar-refractivity contribution in [1.82, 2.24) is 0 Å². The monoisotopic (exact) mass is 363 g/mol. The quantitative estimate of drug-likeness (QED) is 0.719. The van der Waals surface area contributed by atoms with Gasteiger partial charge in [-0.2, -0.15) is 0 Å². The number of amides is 2. The maximum atomic E-state index is 12.8. The van der Waals surface area contributed by atoms with Gasteiger partial charge in [0.25, 0.3) is 0 Å². The Kier molecular flexibility index (Phi) is 4.50. The van der Waals surface area contributed by atoms with Crippen LogP contribution in [0.15, 0.2) is 42.5 Å². The van der Waals surface area contributed by atoms with Gasteiger partial charge in [0.2, 0.25) is 11.8 Å². The van der Waals surface area contributed by atoms with Crippen LogP contribution in [0, 0.1) is 31.6 Å². The van der Waals surface area contributed by atoms with Crippen molar-refractivity contribution in [3.05, 3.63) is 53.6 Å². The predicted molar refractivity (Wildman–Crippen MR) is 105 cm³/mol. The molecule has 0 aromatic heterocycles. The SMILES string of the molecule is Cc1ccc(C)c(Oc2ccc(N3C(=O)C4CCC(C)CC4C3=O)cc2)c1. The minimum absolute atomic E-state index is 0.0416. The fourth-order valence-corrected chi connectivity index (χ4v) is 4.25. The third kappa shape index (κ3) is 3.25. The second kappa shape index (κ2) is 6.84. The average Bonchev–Trinajstić information content (AvgIpc) is 2.89. The Bertz CT molecular complexity index is 887. The summed E-state index contributed by atoms with van der Waals surface area (Å²) in [5.41, 5.74) is 2.84. The Hall–Kier alpha value is -2.62. The van der Waals surface area contributed by atoms with Crippen molar-refractivity contribution in [2.45, 2.75) is 40.0 Å². The van der Waals surface area contributed by atoms with Crippen molar-refractivity contribution in [2.24, 2.45) is 17.8 Å². The van der Waals surface area contributed by atoms with E-state index < -0.39 is 0 Å². The van der Waals surface area contributed by atoms with Crippen molar-refractivity contribution >= 4 is 17.5 Å². The molecule has 4 nitrogen and oxygen atoms in total. The molecule has 1 aliphatic heterocycles. The van der Waals surface area contributed by atoms with E-state index in [4.69, 9.17) is 4.74 Å². The maximum absolute atomic E-state index is 12.8. The molecule has 140 valence electrons. The van der Waals surface area contributed by atoms with E-state index in [-0.39, 0.29) is 23.7 Å².